The predicted molar refractivity (Wildman–Crippen MR) is 127 cm³/mol. The molecule has 0 spiro atoms. The molecule has 2 rings (SSSR count). The number of halogens is 1. The molecular weight excluding hydrogens is 500 g/mol. The van der Waals surface area contributed by atoms with E-state index < -0.39 is 28.7 Å². The second-order valence-electron chi connectivity index (χ2n) is 6.54. The Bertz CT molecular complexity index is 1050. The predicted octanol–water partition coefficient (Wildman–Crippen LogP) is 1.93. The topological polar surface area (TPSA) is 204 Å². The van der Waals surface area contributed by atoms with Crippen molar-refractivity contribution in [1.82, 2.24) is 9.88 Å². The maximum atomic E-state index is 9.46. The summed E-state index contributed by atoms with van der Waals surface area (Å²) in [7, 11) is -9.28. The van der Waals surface area contributed by atoms with Gasteiger partial charge in [-0.1, -0.05) is 18.5 Å². The summed E-state index contributed by atoms with van der Waals surface area (Å²) in [6.45, 7) is -0.895. The fourth-order valence-electron chi connectivity index (χ4n) is 2.54. The molecule has 12 nitrogen and oxygen atoms in total. The zero-order valence-electron chi connectivity index (χ0n) is 21.9. The van der Waals surface area contributed by atoms with Crippen LogP contribution in [0.3, 0.4) is 0 Å². The Labute approximate surface area is 203 Å². The van der Waals surface area contributed by atoms with Crippen LogP contribution in [-0.2, 0) is 9.13 Å². The van der Waals surface area contributed by atoms with Crippen LogP contribution >= 0.6 is 27.2 Å². The summed E-state index contributed by atoms with van der Waals surface area (Å²) in [6, 6.07) is 7.60. The third-order valence-electron chi connectivity index (χ3n) is 3.76. The lowest BCUT2D eigenvalue weighted by Crippen LogP contribution is -2.28. The first-order valence-electron chi connectivity index (χ1n) is 11.4. The van der Waals surface area contributed by atoms with Gasteiger partial charge in [0.05, 0.1) is 14.8 Å². The number of aromatic nitrogens is 1. The maximum Gasteiger partial charge on any atom is 0.466 e. The van der Waals surface area contributed by atoms with Gasteiger partial charge in [0, 0.05) is 37.6 Å². The second-order valence-corrected chi connectivity index (χ2v) is 9.03. The lowest BCUT2D eigenvalue weighted by atomic mass is 10.1. The molecule has 190 valence electrons. The Hall–Kier alpha value is -1.14. The van der Waals surface area contributed by atoms with Crippen molar-refractivity contribution in [2.45, 2.75) is 32.7 Å². The molecule has 0 saturated carbocycles. The number of rotatable bonds is 9. The first-order chi connectivity index (χ1) is 16.6. The summed E-state index contributed by atoms with van der Waals surface area (Å²) in [5, 5.41) is 14.5. The zero-order chi connectivity index (χ0) is 29.2. The Morgan fingerprint density at radius 3 is 2.24 bits per heavy atom. The Morgan fingerprint density at radius 1 is 1.15 bits per heavy atom. The van der Waals surface area contributed by atoms with E-state index in [4.69, 9.17) is 55.6 Å². The largest absolute Gasteiger partial charge is 0.466 e. The summed E-state index contributed by atoms with van der Waals surface area (Å²) in [4.78, 5) is 48.8. The molecule has 0 saturated heterocycles. The molecule has 2 aromatic rings. The molecule has 0 aliphatic heterocycles. The highest BCUT2D eigenvalue weighted by atomic mass is 35.5. The number of benzene rings is 1. The second kappa shape index (κ2) is 15.7. The average Bonchev–Trinajstić information content (AvgIpc) is 2.67. The van der Waals surface area contributed by atoms with Crippen LogP contribution in [0.4, 0.5) is 5.69 Å². The van der Waals surface area contributed by atoms with Gasteiger partial charge in [-0.2, -0.15) is 0 Å². The number of nitrogens with zero attached hydrogens (tertiary/aromatic N) is 2. The highest BCUT2D eigenvalue weighted by Crippen LogP contribution is 2.26. The number of fused-ring (bicyclic) bond motifs is 1. The van der Waals surface area contributed by atoms with E-state index in [1.54, 1.807) is 13.1 Å². The molecule has 15 heteroatoms. The van der Waals surface area contributed by atoms with E-state index in [1.165, 1.54) is 4.90 Å². The third kappa shape index (κ3) is 18.9. The fourth-order valence-corrected chi connectivity index (χ4v) is 2.70. The summed E-state index contributed by atoms with van der Waals surface area (Å²) in [6.07, 6.45) is 3.15. The molecule has 1 aromatic carbocycles. The van der Waals surface area contributed by atoms with Gasteiger partial charge in [0.2, 0.25) is 0 Å². The number of hydrogen-bond donors (Lipinski definition) is 8. The van der Waals surface area contributed by atoms with E-state index in [9.17, 15) is 5.11 Å². The third-order valence-corrected chi connectivity index (χ3v) is 4.00. The molecule has 0 aliphatic rings. The minimum absolute atomic E-state index is 0.127. The van der Waals surface area contributed by atoms with Crippen molar-refractivity contribution >= 4 is 43.8 Å². The molecule has 0 amide bonds. The smallest absolute Gasteiger partial charge is 0.395 e. The lowest BCUT2D eigenvalue weighted by molar-refractivity contribution is 0.199. The van der Waals surface area contributed by atoms with Gasteiger partial charge >= 0.3 is 15.6 Å². The molecule has 0 aliphatic carbocycles. The highest BCUT2D eigenvalue weighted by molar-refractivity contribution is 7.45. The van der Waals surface area contributed by atoms with Crippen molar-refractivity contribution < 1.29 is 49.1 Å². The number of likely N-dealkylation sites (N-methyl/N-ethyl adjacent to an activating group) is 1. The number of phosphoric acid groups is 2. The van der Waals surface area contributed by atoms with Crippen LogP contribution in [0, 0.1) is 0 Å². The first kappa shape index (κ1) is 25.0. The molecule has 1 heterocycles. The lowest BCUT2D eigenvalue weighted by Gasteiger charge is -2.21. The van der Waals surface area contributed by atoms with Crippen molar-refractivity contribution in [1.29, 1.82) is 0 Å². The van der Waals surface area contributed by atoms with Gasteiger partial charge in [0.15, 0.2) is 0 Å². The molecule has 0 unspecified atom stereocenters. The number of aliphatic hydroxyl groups is 1. The van der Waals surface area contributed by atoms with Gasteiger partial charge in [0.1, 0.15) is 0 Å². The van der Waals surface area contributed by atoms with Crippen molar-refractivity contribution in [3.05, 3.63) is 35.5 Å². The van der Waals surface area contributed by atoms with Crippen LogP contribution in [0.1, 0.15) is 32.2 Å². The number of anilines is 1. The van der Waals surface area contributed by atoms with Gasteiger partial charge in [-0.25, -0.2) is 9.13 Å². The first-order valence-corrected chi connectivity index (χ1v) is 12.9. The van der Waals surface area contributed by atoms with Crippen LogP contribution in [0.2, 0.25) is 5.02 Å². The molecular formula is C18H32ClN3O9P2. The molecule has 33 heavy (non-hydrogen) atoms. The monoisotopic (exact) mass is 535 g/mol. The van der Waals surface area contributed by atoms with Crippen LogP contribution in [0.25, 0.3) is 10.9 Å². The van der Waals surface area contributed by atoms with Crippen LogP contribution in [0.15, 0.2) is 30.5 Å². The van der Waals surface area contributed by atoms with E-state index in [0.29, 0.717) is 24.5 Å². The van der Waals surface area contributed by atoms with Crippen molar-refractivity contribution in [3.63, 3.8) is 0 Å². The van der Waals surface area contributed by atoms with Gasteiger partial charge in [-0.3, -0.25) is 4.98 Å². The normalized spacial score (nSPS) is 15.1. The van der Waals surface area contributed by atoms with Crippen molar-refractivity contribution in [2.75, 3.05) is 31.5 Å². The minimum atomic E-state index is -4.64. The Balaban J connectivity index is 0.00000110. The summed E-state index contributed by atoms with van der Waals surface area (Å²) < 4.78 is 48.1. The van der Waals surface area contributed by atoms with E-state index in [-0.39, 0.29) is 6.04 Å². The number of pyridine rings is 1. The van der Waals surface area contributed by atoms with E-state index >= 15 is 0 Å². The quantitative estimate of drug-likeness (QED) is 0.217. The number of nitrogens with one attached hydrogen (secondary N) is 1. The van der Waals surface area contributed by atoms with E-state index in [0.717, 1.165) is 23.0 Å². The van der Waals surface area contributed by atoms with Crippen LogP contribution in [-0.4, -0.2) is 76.5 Å². The van der Waals surface area contributed by atoms with Crippen LogP contribution in [0.5, 0.6) is 0 Å². The summed E-state index contributed by atoms with van der Waals surface area (Å²) >= 11 is 6.02. The molecule has 1 aromatic heterocycles. The minimum Gasteiger partial charge on any atom is -0.395 e. The molecule has 0 bridgehead atoms. The van der Waals surface area contributed by atoms with Gasteiger partial charge in [-0.05, 0) is 57.1 Å². The molecule has 0 radical (unpaired) electrons. The zero-order valence-corrected chi connectivity index (χ0v) is 20.5. The molecule has 0 fully saturated rings. The molecule has 8 N–H and O–H groups in total. The molecule has 1 atom stereocenters. The fraction of sp³-hybridized carbons (Fsp3) is 0.500. The van der Waals surface area contributed by atoms with Crippen molar-refractivity contribution in [3.8, 4) is 0 Å². The highest BCUT2D eigenvalue weighted by Gasteiger charge is 2.08. The Morgan fingerprint density at radius 2 is 1.73 bits per heavy atom. The van der Waals surface area contributed by atoms with Gasteiger partial charge in [0.25, 0.3) is 0 Å². The number of hydrogen-bond acceptors (Lipinski definition) is 6. The van der Waals surface area contributed by atoms with E-state index in [1.807, 2.05) is 31.2 Å². The maximum absolute atomic E-state index is 9.46. The standard InChI is InChI=1S/C18H26ClN3O.2H3O4P/c1-3-22(11-12-23)10-4-5-14(2)21-17-8-9-20-18-13-15(19)6-7-16(17)18;2*1-5(2,3)4/h6-9,13-14,23H,3-5,10-12H2,1-2H3,(H,20,21);2*(H3,1,2,3,4)/t14-;;/m1../s1/i11D2,12D2;;. The van der Waals surface area contributed by atoms with E-state index in [2.05, 4.69) is 10.3 Å². The Kier molecular flexibility index (Phi) is 11.9. The van der Waals surface area contributed by atoms with Crippen molar-refractivity contribution in [2.24, 2.45) is 0 Å². The van der Waals surface area contributed by atoms with Crippen LogP contribution < -0.4 is 5.32 Å². The van der Waals surface area contributed by atoms with Gasteiger partial charge in [-0.15, -0.1) is 0 Å². The SMILES string of the molecule is O=P(O)(O)O.O=P(O)(O)O.[2H]C([2H])(O)C([2H])([2H])N(CC)CCC[C@@H](C)Nc1ccnc2cc(Cl)ccc12. The van der Waals surface area contributed by atoms with Gasteiger partial charge < -0.3 is 44.7 Å². The summed E-state index contributed by atoms with van der Waals surface area (Å²) in [5.41, 5.74) is 1.77. The summed E-state index contributed by atoms with van der Waals surface area (Å²) in [5.74, 6) is 0. The average molecular weight is 536 g/mol.